The van der Waals surface area contributed by atoms with Crippen molar-refractivity contribution in [3.63, 3.8) is 0 Å². The smallest absolute Gasteiger partial charge is 0.126 e. The van der Waals surface area contributed by atoms with Crippen LogP contribution in [0.1, 0.15) is 40.5 Å². The van der Waals surface area contributed by atoms with Crippen molar-refractivity contribution in [3.8, 4) is 0 Å². The fraction of sp³-hybridized carbons (Fsp3) is 0.643. The van der Waals surface area contributed by atoms with Gasteiger partial charge in [-0.05, 0) is 31.1 Å². The molecule has 0 unspecified atom stereocenters. The SMILES string of the molecule is C=C(C)[C@H]1CC=C[C@@](C)(C(C)(C)C=O)C1. The molecule has 15 heavy (non-hydrogen) atoms. The van der Waals surface area contributed by atoms with Crippen molar-refractivity contribution < 1.29 is 4.79 Å². The Hall–Kier alpha value is -0.850. The monoisotopic (exact) mass is 206 g/mol. The fourth-order valence-corrected chi connectivity index (χ4v) is 2.14. The average molecular weight is 206 g/mol. The van der Waals surface area contributed by atoms with E-state index in [1.54, 1.807) is 0 Å². The zero-order valence-corrected chi connectivity index (χ0v) is 10.3. The predicted molar refractivity (Wildman–Crippen MR) is 64.6 cm³/mol. The number of hydrogen-bond donors (Lipinski definition) is 0. The third-order valence-electron chi connectivity index (χ3n) is 4.04. The van der Waals surface area contributed by atoms with Gasteiger partial charge in [0.2, 0.25) is 0 Å². The Balaban J connectivity index is 2.96. The predicted octanol–water partition coefficient (Wildman–Crippen LogP) is 3.76. The Bertz CT molecular complexity index is 298. The maximum atomic E-state index is 11.2. The summed E-state index contributed by atoms with van der Waals surface area (Å²) in [5, 5.41) is 0. The van der Waals surface area contributed by atoms with Gasteiger partial charge in [0.15, 0.2) is 0 Å². The van der Waals surface area contributed by atoms with E-state index in [1.807, 2.05) is 13.8 Å². The first-order valence-electron chi connectivity index (χ1n) is 5.62. The van der Waals surface area contributed by atoms with Crippen LogP contribution in [0.2, 0.25) is 0 Å². The molecule has 0 amide bonds. The van der Waals surface area contributed by atoms with Crippen molar-refractivity contribution in [2.24, 2.45) is 16.7 Å². The van der Waals surface area contributed by atoms with E-state index in [-0.39, 0.29) is 10.8 Å². The van der Waals surface area contributed by atoms with Gasteiger partial charge in [0.1, 0.15) is 6.29 Å². The van der Waals surface area contributed by atoms with Crippen LogP contribution in [0.4, 0.5) is 0 Å². The molecule has 0 bridgehead atoms. The quantitative estimate of drug-likeness (QED) is 0.507. The summed E-state index contributed by atoms with van der Waals surface area (Å²) in [6.45, 7) is 12.3. The summed E-state index contributed by atoms with van der Waals surface area (Å²) in [5.41, 5.74) is 0.904. The van der Waals surface area contributed by atoms with Gasteiger partial charge >= 0.3 is 0 Å². The third-order valence-corrected chi connectivity index (χ3v) is 4.04. The van der Waals surface area contributed by atoms with Gasteiger partial charge in [-0.15, -0.1) is 0 Å². The second-order valence-electron chi connectivity index (χ2n) is 5.64. The highest BCUT2D eigenvalue weighted by Crippen LogP contribution is 2.47. The van der Waals surface area contributed by atoms with Gasteiger partial charge in [-0.25, -0.2) is 0 Å². The first-order chi connectivity index (χ1) is 6.82. The lowest BCUT2D eigenvalue weighted by atomic mass is 9.60. The zero-order chi connectivity index (χ0) is 11.7. The number of hydrogen-bond acceptors (Lipinski definition) is 1. The van der Waals surface area contributed by atoms with E-state index in [9.17, 15) is 4.79 Å². The van der Waals surface area contributed by atoms with E-state index < -0.39 is 0 Å². The molecule has 84 valence electrons. The number of carbonyl (C=O) groups excluding carboxylic acids is 1. The molecule has 1 heteroatoms. The van der Waals surface area contributed by atoms with Crippen LogP contribution in [0.5, 0.6) is 0 Å². The molecule has 2 atom stereocenters. The second-order valence-corrected chi connectivity index (χ2v) is 5.64. The summed E-state index contributed by atoms with van der Waals surface area (Å²) >= 11 is 0. The summed E-state index contributed by atoms with van der Waals surface area (Å²) in [5.74, 6) is 0.527. The molecule has 0 aliphatic heterocycles. The molecule has 0 fully saturated rings. The van der Waals surface area contributed by atoms with E-state index in [4.69, 9.17) is 0 Å². The summed E-state index contributed by atoms with van der Waals surface area (Å²) in [4.78, 5) is 11.2. The molecule has 0 aromatic carbocycles. The first kappa shape index (κ1) is 12.2. The summed E-state index contributed by atoms with van der Waals surface area (Å²) < 4.78 is 0. The second kappa shape index (κ2) is 3.96. The van der Waals surface area contributed by atoms with Crippen molar-refractivity contribution in [1.29, 1.82) is 0 Å². The lowest BCUT2D eigenvalue weighted by Crippen LogP contribution is -2.38. The van der Waals surface area contributed by atoms with Gasteiger partial charge in [0.05, 0.1) is 0 Å². The molecule has 0 N–H and O–H groups in total. The molecular formula is C14H22O. The van der Waals surface area contributed by atoms with E-state index in [1.165, 1.54) is 5.57 Å². The van der Waals surface area contributed by atoms with Crippen LogP contribution in [0, 0.1) is 16.7 Å². The zero-order valence-electron chi connectivity index (χ0n) is 10.3. The third kappa shape index (κ3) is 2.22. The van der Waals surface area contributed by atoms with Crippen LogP contribution in [-0.2, 0) is 4.79 Å². The van der Waals surface area contributed by atoms with Gasteiger partial charge in [0.25, 0.3) is 0 Å². The van der Waals surface area contributed by atoms with Crippen molar-refractivity contribution in [3.05, 3.63) is 24.3 Å². The highest BCUT2D eigenvalue weighted by molar-refractivity contribution is 5.60. The topological polar surface area (TPSA) is 17.1 Å². The van der Waals surface area contributed by atoms with Crippen molar-refractivity contribution in [1.82, 2.24) is 0 Å². The van der Waals surface area contributed by atoms with Crippen LogP contribution >= 0.6 is 0 Å². The maximum absolute atomic E-state index is 11.2. The molecular weight excluding hydrogens is 184 g/mol. The molecule has 1 aliphatic carbocycles. The van der Waals surface area contributed by atoms with Crippen LogP contribution in [0.3, 0.4) is 0 Å². The van der Waals surface area contributed by atoms with Gasteiger partial charge in [-0.2, -0.15) is 0 Å². The summed E-state index contributed by atoms with van der Waals surface area (Å²) in [6, 6.07) is 0. The summed E-state index contributed by atoms with van der Waals surface area (Å²) in [6.07, 6.45) is 7.59. The lowest BCUT2D eigenvalue weighted by molar-refractivity contribution is -0.119. The molecule has 0 saturated carbocycles. The number of aldehydes is 1. The number of rotatable bonds is 3. The molecule has 1 aliphatic rings. The average Bonchev–Trinajstić information content (AvgIpc) is 2.17. The Labute approximate surface area is 93.3 Å². The van der Waals surface area contributed by atoms with Crippen molar-refractivity contribution >= 4 is 6.29 Å². The first-order valence-corrected chi connectivity index (χ1v) is 5.62. The minimum atomic E-state index is -0.294. The molecule has 0 aromatic rings. The van der Waals surface area contributed by atoms with Crippen molar-refractivity contribution in [2.45, 2.75) is 40.5 Å². The molecule has 1 rings (SSSR count). The van der Waals surface area contributed by atoms with E-state index in [0.717, 1.165) is 19.1 Å². The van der Waals surface area contributed by atoms with Gasteiger partial charge in [-0.1, -0.05) is 45.1 Å². The maximum Gasteiger partial charge on any atom is 0.126 e. The highest BCUT2D eigenvalue weighted by Gasteiger charge is 2.41. The van der Waals surface area contributed by atoms with Gasteiger partial charge in [-0.3, -0.25) is 0 Å². The molecule has 0 heterocycles. The standard InChI is InChI=1S/C14H22O/c1-11(2)12-7-6-8-14(5,9-12)13(3,4)10-15/h6,8,10,12H,1,7,9H2,2-5H3/t12-,14+/m0/s1. The van der Waals surface area contributed by atoms with Crippen LogP contribution in [0.15, 0.2) is 24.3 Å². The number of allylic oxidation sites excluding steroid dienone is 3. The minimum absolute atomic E-state index is 0.0311. The molecule has 0 spiro atoms. The van der Waals surface area contributed by atoms with Crippen LogP contribution < -0.4 is 0 Å². The van der Waals surface area contributed by atoms with E-state index >= 15 is 0 Å². The van der Waals surface area contributed by atoms with E-state index in [0.29, 0.717) is 5.92 Å². The Kier molecular flexibility index (Phi) is 3.22. The lowest BCUT2D eigenvalue weighted by Gasteiger charge is -2.43. The van der Waals surface area contributed by atoms with E-state index in [2.05, 4.69) is 32.6 Å². The largest absolute Gasteiger partial charge is 0.303 e. The Morgan fingerprint density at radius 1 is 1.60 bits per heavy atom. The summed E-state index contributed by atoms with van der Waals surface area (Å²) in [7, 11) is 0. The Morgan fingerprint density at radius 3 is 2.67 bits per heavy atom. The minimum Gasteiger partial charge on any atom is -0.303 e. The molecule has 1 nitrogen and oxygen atoms in total. The number of carbonyl (C=O) groups is 1. The molecule has 0 aromatic heterocycles. The Morgan fingerprint density at radius 2 is 2.20 bits per heavy atom. The van der Waals surface area contributed by atoms with Crippen molar-refractivity contribution in [2.75, 3.05) is 0 Å². The molecule has 0 radical (unpaired) electrons. The van der Waals surface area contributed by atoms with Crippen LogP contribution in [0.25, 0.3) is 0 Å². The van der Waals surface area contributed by atoms with Gasteiger partial charge < -0.3 is 4.79 Å². The van der Waals surface area contributed by atoms with Crippen LogP contribution in [-0.4, -0.2) is 6.29 Å². The van der Waals surface area contributed by atoms with Gasteiger partial charge in [0, 0.05) is 5.41 Å². The molecule has 0 saturated heterocycles. The fourth-order valence-electron chi connectivity index (χ4n) is 2.14. The highest BCUT2D eigenvalue weighted by atomic mass is 16.1. The normalized spacial score (nSPS) is 31.3.